The quantitative estimate of drug-likeness (QED) is 0.0344. The summed E-state index contributed by atoms with van der Waals surface area (Å²) in [6.07, 6.45) is 49.5. The largest absolute Gasteiger partial charge is 0.462 e. The second-order valence-corrected chi connectivity index (χ2v) is 20.8. The van der Waals surface area contributed by atoms with Crippen LogP contribution in [0.3, 0.4) is 0 Å². The molecule has 0 aliphatic carbocycles. The summed E-state index contributed by atoms with van der Waals surface area (Å²) in [5.74, 6) is 1.67. The van der Waals surface area contributed by atoms with Crippen LogP contribution >= 0.6 is 0 Å². The van der Waals surface area contributed by atoms with Crippen molar-refractivity contribution in [3.63, 3.8) is 0 Å². The van der Waals surface area contributed by atoms with Gasteiger partial charge in [-0.25, -0.2) is 0 Å². The first kappa shape index (κ1) is 61.4. The van der Waals surface area contributed by atoms with Gasteiger partial charge in [-0.1, -0.05) is 273 Å². The first-order chi connectivity index (χ1) is 30.6. The van der Waals surface area contributed by atoms with Crippen molar-refractivity contribution >= 4 is 17.9 Å². The maximum Gasteiger partial charge on any atom is 0.306 e. The Kier molecular flexibility index (Phi) is 47.1. The van der Waals surface area contributed by atoms with Crippen LogP contribution in [-0.2, 0) is 28.6 Å². The molecule has 2 atom stereocenters. The Hall–Kier alpha value is -1.59. The number of hydrogen-bond acceptors (Lipinski definition) is 6. The Morgan fingerprint density at radius 1 is 0.317 bits per heavy atom. The van der Waals surface area contributed by atoms with E-state index < -0.39 is 6.10 Å². The topological polar surface area (TPSA) is 78.9 Å². The number of hydrogen-bond donors (Lipinski definition) is 0. The van der Waals surface area contributed by atoms with E-state index in [2.05, 4.69) is 41.5 Å². The van der Waals surface area contributed by atoms with Crippen molar-refractivity contribution in [1.82, 2.24) is 0 Å². The van der Waals surface area contributed by atoms with Crippen LogP contribution in [0.1, 0.15) is 311 Å². The van der Waals surface area contributed by atoms with E-state index in [0.29, 0.717) is 19.3 Å². The Morgan fingerprint density at radius 2 is 0.556 bits per heavy atom. The maximum absolute atomic E-state index is 12.8. The van der Waals surface area contributed by atoms with Gasteiger partial charge in [-0.2, -0.15) is 0 Å². The summed E-state index contributed by atoms with van der Waals surface area (Å²) in [4.78, 5) is 38.0. The minimum absolute atomic E-state index is 0.0647. The molecule has 6 nitrogen and oxygen atoms in total. The molecule has 0 bridgehead atoms. The number of ether oxygens (including phenoxy) is 3. The van der Waals surface area contributed by atoms with Gasteiger partial charge in [0.05, 0.1) is 0 Å². The van der Waals surface area contributed by atoms with Crippen molar-refractivity contribution in [2.75, 3.05) is 13.2 Å². The maximum atomic E-state index is 12.8. The van der Waals surface area contributed by atoms with Crippen LogP contribution in [-0.4, -0.2) is 37.2 Å². The summed E-state index contributed by atoms with van der Waals surface area (Å²) in [5.41, 5.74) is 0. The molecule has 0 amide bonds. The van der Waals surface area contributed by atoms with E-state index in [1.54, 1.807) is 0 Å². The molecule has 63 heavy (non-hydrogen) atoms. The third kappa shape index (κ3) is 49.7. The van der Waals surface area contributed by atoms with Crippen LogP contribution in [0.2, 0.25) is 0 Å². The SMILES string of the molecule is CCC(C)CCCCCCCCCCC(=O)OC[C@H](COC(=O)CCCCCCCCCCCC(C)C)OC(=O)CCCCCCCCCCCCCCCCCCCCC(C)C. The van der Waals surface area contributed by atoms with E-state index in [1.807, 2.05) is 0 Å². The summed E-state index contributed by atoms with van der Waals surface area (Å²) in [7, 11) is 0. The predicted octanol–water partition coefficient (Wildman–Crippen LogP) is 18.3. The first-order valence-electron chi connectivity index (χ1n) is 28.1. The number of carbonyl (C=O) groups excluding carboxylic acids is 3. The third-order valence-corrected chi connectivity index (χ3v) is 13.3. The van der Waals surface area contributed by atoms with E-state index in [9.17, 15) is 14.4 Å². The van der Waals surface area contributed by atoms with Crippen molar-refractivity contribution in [2.24, 2.45) is 17.8 Å². The zero-order chi connectivity index (χ0) is 46.3. The van der Waals surface area contributed by atoms with E-state index in [-0.39, 0.29) is 31.1 Å². The molecule has 0 N–H and O–H groups in total. The highest BCUT2D eigenvalue weighted by atomic mass is 16.6. The molecule has 0 aliphatic rings. The number of esters is 3. The highest BCUT2D eigenvalue weighted by Gasteiger charge is 2.19. The van der Waals surface area contributed by atoms with Crippen LogP contribution in [0.15, 0.2) is 0 Å². The lowest BCUT2D eigenvalue weighted by Gasteiger charge is -2.18. The lowest BCUT2D eigenvalue weighted by atomic mass is 9.99. The van der Waals surface area contributed by atoms with Gasteiger partial charge in [0.1, 0.15) is 13.2 Å². The molecule has 6 heteroatoms. The molecule has 0 fully saturated rings. The van der Waals surface area contributed by atoms with Crippen LogP contribution in [0, 0.1) is 17.8 Å². The van der Waals surface area contributed by atoms with Crippen LogP contribution in [0.5, 0.6) is 0 Å². The Morgan fingerprint density at radius 3 is 0.825 bits per heavy atom. The zero-order valence-electron chi connectivity index (χ0n) is 43.4. The fourth-order valence-electron chi connectivity index (χ4n) is 8.61. The zero-order valence-corrected chi connectivity index (χ0v) is 43.4. The van der Waals surface area contributed by atoms with Gasteiger partial charge in [-0.3, -0.25) is 14.4 Å². The first-order valence-corrected chi connectivity index (χ1v) is 28.1. The van der Waals surface area contributed by atoms with Gasteiger partial charge >= 0.3 is 17.9 Å². The third-order valence-electron chi connectivity index (χ3n) is 13.3. The molecule has 1 unspecified atom stereocenters. The lowest BCUT2D eigenvalue weighted by molar-refractivity contribution is -0.167. The van der Waals surface area contributed by atoms with Crippen molar-refractivity contribution < 1.29 is 28.6 Å². The standard InChI is InChI=1S/C57H110O6/c1-7-53(6)45-39-33-27-23-24-29-35-41-47-56(59)62-50-54(49-61-55(58)46-40-34-28-22-18-20-26-32-38-44-52(4)5)63-57(60)48-42-36-30-21-17-15-13-11-9-8-10-12-14-16-19-25-31-37-43-51(2)3/h51-54H,7-50H2,1-6H3/t53?,54-/m0/s1. The van der Waals surface area contributed by atoms with Crippen molar-refractivity contribution in [2.45, 2.75) is 317 Å². The average molecular weight is 892 g/mol. The van der Waals surface area contributed by atoms with Crippen molar-refractivity contribution in [1.29, 1.82) is 0 Å². The molecular weight excluding hydrogens is 781 g/mol. The number of unbranched alkanes of at least 4 members (excludes halogenated alkanes) is 32. The molecular formula is C57H110O6. The normalized spacial score (nSPS) is 12.6. The van der Waals surface area contributed by atoms with Gasteiger partial charge in [0.15, 0.2) is 6.10 Å². The minimum atomic E-state index is -0.763. The molecule has 0 spiro atoms. The molecule has 0 aromatic heterocycles. The molecule has 0 aromatic rings. The Labute approximate surface area is 393 Å². The smallest absolute Gasteiger partial charge is 0.306 e. The minimum Gasteiger partial charge on any atom is -0.462 e. The van der Waals surface area contributed by atoms with Gasteiger partial charge in [0.25, 0.3) is 0 Å². The molecule has 0 aromatic carbocycles. The Bertz CT molecular complexity index is 978. The van der Waals surface area contributed by atoms with E-state index >= 15 is 0 Å². The number of carbonyl (C=O) groups is 3. The van der Waals surface area contributed by atoms with E-state index in [1.165, 1.54) is 193 Å². The second kappa shape index (κ2) is 48.3. The van der Waals surface area contributed by atoms with Crippen LogP contribution in [0.25, 0.3) is 0 Å². The van der Waals surface area contributed by atoms with Crippen LogP contribution in [0.4, 0.5) is 0 Å². The molecule has 0 radical (unpaired) electrons. The van der Waals surface area contributed by atoms with Gasteiger partial charge in [-0.05, 0) is 37.0 Å². The van der Waals surface area contributed by atoms with Crippen molar-refractivity contribution in [3.8, 4) is 0 Å². The second-order valence-electron chi connectivity index (χ2n) is 20.8. The molecule has 0 aliphatic heterocycles. The van der Waals surface area contributed by atoms with Gasteiger partial charge < -0.3 is 14.2 Å². The fraction of sp³-hybridized carbons (Fsp3) is 0.947. The van der Waals surface area contributed by atoms with E-state index in [4.69, 9.17) is 14.2 Å². The summed E-state index contributed by atoms with van der Waals surface area (Å²) in [6.45, 7) is 13.7. The highest BCUT2D eigenvalue weighted by Crippen LogP contribution is 2.18. The van der Waals surface area contributed by atoms with E-state index in [0.717, 1.165) is 75.5 Å². The van der Waals surface area contributed by atoms with Crippen LogP contribution < -0.4 is 0 Å². The predicted molar refractivity (Wildman–Crippen MR) is 270 cm³/mol. The van der Waals surface area contributed by atoms with Gasteiger partial charge in [-0.15, -0.1) is 0 Å². The molecule has 0 heterocycles. The fourth-order valence-corrected chi connectivity index (χ4v) is 8.61. The average Bonchev–Trinajstić information content (AvgIpc) is 3.25. The van der Waals surface area contributed by atoms with Crippen molar-refractivity contribution in [3.05, 3.63) is 0 Å². The highest BCUT2D eigenvalue weighted by molar-refractivity contribution is 5.71. The van der Waals surface area contributed by atoms with Gasteiger partial charge in [0, 0.05) is 19.3 Å². The summed E-state index contributed by atoms with van der Waals surface area (Å²) in [5, 5.41) is 0. The number of rotatable bonds is 50. The summed E-state index contributed by atoms with van der Waals surface area (Å²) >= 11 is 0. The summed E-state index contributed by atoms with van der Waals surface area (Å²) in [6, 6.07) is 0. The molecule has 0 saturated heterocycles. The molecule has 0 saturated carbocycles. The monoisotopic (exact) mass is 891 g/mol. The van der Waals surface area contributed by atoms with Gasteiger partial charge in [0.2, 0.25) is 0 Å². The molecule has 0 rings (SSSR count). The molecule has 374 valence electrons. The lowest BCUT2D eigenvalue weighted by Crippen LogP contribution is -2.30. The summed E-state index contributed by atoms with van der Waals surface area (Å²) < 4.78 is 16.8. The Balaban J connectivity index is 4.25.